The van der Waals surface area contributed by atoms with Crippen LogP contribution in [0.4, 0.5) is 17.1 Å². The summed E-state index contributed by atoms with van der Waals surface area (Å²) in [6.45, 7) is 5.85. The molecule has 126 valence electrons. The molecule has 0 bridgehead atoms. The normalized spacial score (nSPS) is 12.7. The topological polar surface area (TPSA) is 91.6 Å². The summed E-state index contributed by atoms with van der Waals surface area (Å²) in [4.78, 5) is 23.9. The van der Waals surface area contributed by atoms with Crippen molar-refractivity contribution in [3.63, 3.8) is 0 Å². The molecular weight excluding hydrogens is 328 g/mol. The zero-order valence-corrected chi connectivity index (χ0v) is 14.4. The predicted molar refractivity (Wildman–Crippen MR) is 95.3 cm³/mol. The first-order valence-corrected chi connectivity index (χ1v) is 8.51. The van der Waals surface area contributed by atoms with E-state index in [1.165, 1.54) is 11.3 Å². The lowest BCUT2D eigenvalue weighted by atomic mass is 10.0. The highest BCUT2D eigenvalue weighted by Crippen LogP contribution is 2.34. The third kappa shape index (κ3) is 2.82. The Morgan fingerprint density at radius 2 is 1.83 bits per heavy atom. The van der Waals surface area contributed by atoms with E-state index in [4.69, 9.17) is 4.42 Å². The number of hydrogen-bond donors (Lipinski definition) is 3. The average Bonchev–Trinajstić information content (AvgIpc) is 3.14. The van der Waals surface area contributed by atoms with Gasteiger partial charge in [0, 0.05) is 10.8 Å². The highest BCUT2D eigenvalue weighted by Gasteiger charge is 2.27. The molecule has 3 aromatic rings. The molecule has 0 aliphatic carbocycles. The number of aryl methyl sites for hydroxylation is 1. The molecule has 0 unspecified atom stereocenters. The lowest BCUT2D eigenvalue weighted by molar-refractivity contribution is 0.408. The number of nitrogens with one attached hydrogen (secondary N) is 2. The second kappa shape index (κ2) is 6.16. The first kappa shape index (κ1) is 16.3. The van der Waals surface area contributed by atoms with Crippen LogP contribution in [0.25, 0.3) is 0 Å². The molecule has 0 fully saturated rings. The molecule has 3 N–H and O–H groups in total. The Balaban J connectivity index is 1.89. The van der Waals surface area contributed by atoms with Crippen LogP contribution in [0.5, 0.6) is 5.75 Å². The van der Waals surface area contributed by atoms with Crippen molar-refractivity contribution in [3.05, 3.63) is 54.9 Å². The number of anilines is 3. The van der Waals surface area contributed by atoms with E-state index in [1.807, 2.05) is 32.9 Å². The van der Waals surface area contributed by atoms with Gasteiger partial charge in [-0.3, -0.25) is 9.59 Å². The Kier molecular flexibility index (Phi) is 4.19. The van der Waals surface area contributed by atoms with Gasteiger partial charge in [0.05, 0.1) is 11.7 Å². The van der Waals surface area contributed by atoms with Crippen LogP contribution in [0, 0.1) is 12.8 Å². The number of rotatable bonds is 6. The van der Waals surface area contributed by atoms with Crippen molar-refractivity contribution < 1.29 is 9.52 Å². The van der Waals surface area contributed by atoms with Gasteiger partial charge in [0.15, 0.2) is 0 Å². The van der Waals surface area contributed by atoms with Gasteiger partial charge in [-0.2, -0.15) is 0 Å². The molecule has 2 aromatic heterocycles. The van der Waals surface area contributed by atoms with Gasteiger partial charge < -0.3 is 20.2 Å². The fraction of sp³-hybridized carbons (Fsp3) is 0.294. The van der Waals surface area contributed by atoms with Crippen LogP contribution in [0.1, 0.15) is 31.4 Å². The summed E-state index contributed by atoms with van der Waals surface area (Å²) in [5, 5.41) is 18.9. The van der Waals surface area contributed by atoms with Gasteiger partial charge in [-0.1, -0.05) is 13.8 Å². The van der Waals surface area contributed by atoms with Crippen LogP contribution in [0.3, 0.4) is 0 Å². The first-order valence-electron chi connectivity index (χ1n) is 7.56. The summed E-state index contributed by atoms with van der Waals surface area (Å²) in [6.07, 6.45) is 0. The first-order chi connectivity index (χ1) is 11.4. The van der Waals surface area contributed by atoms with Crippen molar-refractivity contribution in [1.82, 2.24) is 0 Å². The van der Waals surface area contributed by atoms with Crippen LogP contribution in [-0.4, -0.2) is 5.11 Å². The molecule has 0 aliphatic rings. The highest BCUT2D eigenvalue weighted by atomic mass is 32.1. The molecule has 6 nitrogen and oxygen atoms in total. The van der Waals surface area contributed by atoms with Crippen LogP contribution in [-0.2, 0) is 0 Å². The summed E-state index contributed by atoms with van der Waals surface area (Å²) >= 11 is 1.30. The van der Waals surface area contributed by atoms with E-state index >= 15 is 0 Å². The van der Waals surface area contributed by atoms with Crippen molar-refractivity contribution >= 4 is 28.4 Å². The van der Waals surface area contributed by atoms with Crippen molar-refractivity contribution in [2.45, 2.75) is 26.8 Å². The number of thiophene rings is 1. The Morgan fingerprint density at radius 3 is 2.38 bits per heavy atom. The molecule has 1 atom stereocenters. The zero-order chi connectivity index (χ0) is 17.4. The van der Waals surface area contributed by atoms with E-state index in [0.717, 1.165) is 5.76 Å². The maximum absolute atomic E-state index is 12.0. The minimum atomic E-state index is -0.596. The van der Waals surface area contributed by atoms with Gasteiger partial charge >= 0.3 is 0 Å². The van der Waals surface area contributed by atoms with E-state index in [2.05, 4.69) is 10.6 Å². The van der Waals surface area contributed by atoms with Crippen molar-refractivity contribution in [2.75, 3.05) is 10.6 Å². The molecule has 7 heteroatoms. The van der Waals surface area contributed by atoms with Crippen molar-refractivity contribution in [2.24, 2.45) is 5.92 Å². The minimum absolute atomic E-state index is 0.0427. The fourth-order valence-electron chi connectivity index (χ4n) is 2.51. The van der Waals surface area contributed by atoms with Crippen molar-refractivity contribution in [3.8, 4) is 5.75 Å². The van der Waals surface area contributed by atoms with Gasteiger partial charge in [-0.15, -0.1) is 11.3 Å². The monoisotopic (exact) mass is 346 g/mol. The summed E-state index contributed by atoms with van der Waals surface area (Å²) in [5.74, 6) is 1.67. The average molecular weight is 346 g/mol. The van der Waals surface area contributed by atoms with E-state index in [1.54, 1.807) is 10.8 Å². The van der Waals surface area contributed by atoms with E-state index in [0.29, 0.717) is 11.4 Å². The molecule has 0 saturated carbocycles. The van der Waals surface area contributed by atoms with Crippen molar-refractivity contribution in [1.29, 1.82) is 0 Å². The highest BCUT2D eigenvalue weighted by molar-refractivity contribution is 7.08. The number of aromatic hydroxyl groups is 1. The van der Waals surface area contributed by atoms with Gasteiger partial charge in [0.2, 0.25) is 0 Å². The number of furan rings is 1. The maximum Gasteiger partial charge on any atom is 0.253 e. The molecular formula is C17H18N2O4S. The molecule has 0 saturated heterocycles. The second-order valence-electron chi connectivity index (χ2n) is 6.02. The lowest BCUT2D eigenvalue weighted by Gasteiger charge is -2.24. The summed E-state index contributed by atoms with van der Waals surface area (Å²) < 4.78 is 5.66. The van der Waals surface area contributed by atoms with E-state index in [9.17, 15) is 14.7 Å². The third-order valence-corrected chi connectivity index (χ3v) is 4.58. The van der Waals surface area contributed by atoms with E-state index < -0.39 is 10.9 Å². The largest absolute Gasteiger partial charge is 0.505 e. The molecule has 3 rings (SSSR count). The van der Waals surface area contributed by atoms with Crippen LogP contribution < -0.4 is 21.5 Å². The molecule has 0 spiro atoms. The molecule has 1 aromatic carbocycles. The predicted octanol–water partition coefficient (Wildman–Crippen LogP) is 3.50. The zero-order valence-electron chi connectivity index (χ0n) is 13.5. The smallest absolute Gasteiger partial charge is 0.253 e. The fourth-order valence-corrected chi connectivity index (χ4v) is 3.15. The summed E-state index contributed by atoms with van der Waals surface area (Å²) in [5.41, 5.74) is -0.367. The maximum atomic E-state index is 12.0. The SMILES string of the molecule is Cc1ccc([C@H](Nc2c(Nc3cscc3O)c(=O)c2=O)C(C)C)o1. The van der Waals surface area contributed by atoms with Crippen LogP contribution >= 0.6 is 11.3 Å². The Labute approximate surface area is 142 Å². The van der Waals surface area contributed by atoms with Gasteiger partial charge in [0.25, 0.3) is 10.9 Å². The van der Waals surface area contributed by atoms with Gasteiger partial charge in [0.1, 0.15) is 28.6 Å². The van der Waals surface area contributed by atoms with Crippen LogP contribution in [0.2, 0.25) is 0 Å². The minimum Gasteiger partial charge on any atom is -0.505 e. The molecule has 2 heterocycles. The van der Waals surface area contributed by atoms with Crippen LogP contribution in [0.15, 0.2) is 36.9 Å². The van der Waals surface area contributed by atoms with Gasteiger partial charge in [-0.25, -0.2) is 0 Å². The summed E-state index contributed by atoms with van der Waals surface area (Å²) in [6, 6.07) is 3.48. The summed E-state index contributed by atoms with van der Waals surface area (Å²) in [7, 11) is 0. The Bertz CT molecular complexity index is 931. The second-order valence-corrected chi connectivity index (χ2v) is 6.76. The lowest BCUT2D eigenvalue weighted by Crippen LogP contribution is -2.38. The van der Waals surface area contributed by atoms with E-state index in [-0.39, 0.29) is 29.1 Å². The third-order valence-electron chi connectivity index (χ3n) is 3.85. The molecule has 0 radical (unpaired) electrons. The standard InChI is InChI=1S/C17H18N2O4S/c1-8(2)13(12-5-4-9(3)23-12)19-15-14(16(21)17(15)22)18-10-6-24-7-11(10)20/h4-8,13,18-20H,1-3H3/t13-/m1/s1. The number of hydrogen-bond acceptors (Lipinski definition) is 7. The quantitative estimate of drug-likeness (QED) is 0.592. The molecule has 0 amide bonds. The Hall–Kier alpha value is -2.54. The Morgan fingerprint density at radius 1 is 1.12 bits per heavy atom. The molecule has 24 heavy (non-hydrogen) atoms. The van der Waals surface area contributed by atoms with Gasteiger partial charge in [-0.05, 0) is 25.0 Å². The molecule has 0 aliphatic heterocycles.